The Labute approximate surface area is 209 Å². The number of hydrogen-bond acceptors (Lipinski definition) is 12. The molecule has 0 fully saturated rings. The molecule has 0 amide bonds. The molecule has 0 radical (unpaired) electrons. The molecule has 14 heteroatoms. The minimum atomic E-state index is -0.764. The van der Waals surface area contributed by atoms with E-state index >= 15 is 0 Å². The van der Waals surface area contributed by atoms with Gasteiger partial charge in [0.2, 0.25) is 5.00 Å². The average Bonchev–Trinajstić information content (AvgIpc) is 3.27. The number of azo groups is 1. The van der Waals surface area contributed by atoms with Gasteiger partial charge >= 0.3 is 22.6 Å². The third kappa shape index (κ3) is 8.09. The lowest BCUT2D eigenvalue weighted by Crippen LogP contribution is -2.32. The van der Waals surface area contributed by atoms with Crippen LogP contribution >= 0.6 is 11.3 Å². The molecule has 0 unspecified atom stereocenters. The highest BCUT2D eigenvalue weighted by molar-refractivity contribution is 7.19. The van der Waals surface area contributed by atoms with Crippen molar-refractivity contribution in [1.29, 1.82) is 0 Å². The van der Waals surface area contributed by atoms with E-state index in [1.54, 1.807) is 24.3 Å². The maximum atomic E-state index is 11.7. The first-order chi connectivity index (χ1) is 17.0. The number of thiophene rings is 1. The maximum absolute atomic E-state index is 11.7. The number of nitro groups is 2. The van der Waals surface area contributed by atoms with E-state index in [2.05, 4.69) is 23.4 Å². The fourth-order valence-electron chi connectivity index (χ4n) is 2.60. The number of hydrogen-bond donors (Lipinski definition) is 0. The molecule has 0 N–H and O–H groups in total. The Kier molecular flexibility index (Phi) is 9.92. The molecule has 190 valence electrons. The molecule has 2 rings (SSSR count). The zero-order valence-electron chi connectivity index (χ0n) is 19.5. The highest BCUT2D eigenvalue weighted by atomic mass is 32.1. The van der Waals surface area contributed by atoms with Crippen molar-refractivity contribution >= 4 is 50.3 Å². The van der Waals surface area contributed by atoms with Gasteiger partial charge < -0.3 is 14.4 Å². The van der Waals surface area contributed by atoms with Gasteiger partial charge in [-0.05, 0) is 49.4 Å². The van der Waals surface area contributed by atoms with Gasteiger partial charge in [0.15, 0.2) is 0 Å². The lowest BCUT2D eigenvalue weighted by atomic mass is 10.2. The van der Waals surface area contributed by atoms with Gasteiger partial charge in [0, 0.05) is 16.8 Å². The van der Waals surface area contributed by atoms with Crippen molar-refractivity contribution in [2.75, 3.05) is 31.2 Å². The smallest absolute Gasteiger partial charge is 0.333 e. The van der Waals surface area contributed by atoms with Crippen molar-refractivity contribution in [3.8, 4) is 0 Å². The molecule has 13 nitrogen and oxygen atoms in total. The van der Waals surface area contributed by atoms with Crippen LogP contribution in [0.1, 0.15) is 13.8 Å². The lowest BCUT2D eigenvalue weighted by molar-refractivity contribution is -0.389. The van der Waals surface area contributed by atoms with Crippen LogP contribution in [0.15, 0.2) is 64.9 Å². The van der Waals surface area contributed by atoms with E-state index < -0.39 is 32.5 Å². The van der Waals surface area contributed by atoms with Crippen LogP contribution in [-0.2, 0) is 19.1 Å². The van der Waals surface area contributed by atoms with Crippen molar-refractivity contribution in [2.45, 2.75) is 13.8 Å². The monoisotopic (exact) mass is 517 g/mol. The number of carbonyl (C=O) groups excluding carboxylic acids is 2. The summed E-state index contributed by atoms with van der Waals surface area (Å²) in [6.07, 6.45) is 0. The van der Waals surface area contributed by atoms with E-state index in [1.165, 1.54) is 13.8 Å². The van der Waals surface area contributed by atoms with Gasteiger partial charge in [-0.15, -0.1) is 10.2 Å². The number of anilines is 1. The zero-order chi connectivity index (χ0) is 26.8. The highest BCUT2D eigenvalue weighted by Crippen LogP contribution is 2.41. The third-order valence-corrected chi connectivity index (χ3v) is 5.37. The summed E-state index contributed by atoms with van der Waals surface area (Å²) in [5.74, 6) is -1.05. The Hall–Kier alpha value is -4.46. The molecule has 36 heavy (non-hydrogen) atoms. The van der Waals surface area contributed by atoms with Crippen LogP contribution in [0.5, 0.6) is 0 Å². The Bertz CT molecular complexity index is 1170. The summed E-state index contributed by atoms with van der Waals surface area (Å²) < 4.78 is 10.3. The van der Waals surface area contributed by atoms with Gasteiger partial charge in [0.05, 0.1) is 28.6 Å². The fourth-order valence-corrected chi connectivity index (χ4v) is 3.36. The second kappa shape index (κ2) is 12.9. The van der Waals surface area contributed by atoms with Gasteiger partial charge in [-0.25, -0.2) is 9.59 Å². The number of rotatable bonds is 13. The van der Waals surface area contributed by atoms with Crippen LogP contribution in [0.4, 0.5) is 27.1 Å². The Balaban J connectivity index is 2.15. The minimum Gasteiger partial charge on any atom is -0.460 e. The molecule has 0 bridgehead atoms. The maximum Gasteiger partial charge on any atom is 0.333 e. The molecular weight excluding hydrogens is 494 g/mol. The molecule has 0 aliphatic carbocycles. The Morgan fingerprint density at radius 1 is 0.944 bits per heavy atom. The molecule has 0 aliphatic rings. The predicted octanol–water partition coefficient (Wildman–Crippen LogP) is 5.02. The van der Waals surface area contributed by atoms with E-state index in [1.807, 2.05) is 4.90 Å². The Morgan fingerprint density at radius 3 is 1.92 bits per heavy atom. The van der Waals surface area contributed by atoms with Gasteiger partial charge in [-0.1, -0.05) is 13.2 Å². The lowest BCUT2D eigenvalue weighted by Gasteiger charge is -2.24. The largest absolute Gasteiger partial charge is 0.460 e. The third-order valence-electron chi connectivity index (χ3n) is 4.41. The molecule has 0 aliphatic heterocycles. The van der Waals surface area contributed by atoms with E-state index in [0.717, 1.165) is 6.07 Å². The quantitative estimate of drug-likeness (QED) is 0.116. The number of carbonyl (C=O) groups is 2. The molecule has 1 heterocycles. The highest BCUT2D eigenvalue weighted by Gasteiger charge is 2.25. The normalized spacial score (nSPS) is 10.6. The molecule has 1 aromatic heterocycles. The summed E-state index contributed by atoms with van der Waals surface area (Å²) >= 11 is 0.545. The van der Waals surface area contributed by atoms with Gasteiger partial charge in [-0.3, -0.25) is 20.2 Å². The van der Waals surface area contributed by atoms with E-state index in [0.29, 0.717) is 22.7 Å². The molecule has 0 saturated carbocycles. The molecule has 0 saturated heterocycles. The molecule has 2 aromatic rings. The summed E-state index contributed by atoms with van der Waals surface area (Å²) in [5.41, 5.74) is 1.05. The van der Waals surface area contributed by atoms with Crippen LogP contribution in [-0.4, -0.2) is 48.1 Å². The van der Waals surface area contributed by atoms with Gasteiger partial charge in [-0.2, -0.15) is 0 Å². The predicted molar refractivity (Wildman–Crippen MR) is 132 cm³/mol. The van der Waals surface area contributed by atoms with Gasteiger partial charge in [0.25, 0.3) is 0 Å². The fraction of sp³-hybridized carbons (Fsp3) is 0.273. The van der Waals surface area contributed by atoms with Crippen LogP contribution in [0, 0.1) is 20.2 Å². The summed E-state index contributed by atoms with van der Waals surface area (Å²) in [5, 5.41) is 29.2. The Morgan fingerprint density at radius 2 is 1.47 bits per heavy atom. The summed E-state index contributed by atoms with van der Waals surface area (Å²) in [6.45, 7) is 10.8. The molecule has 1 aromatic carbocycles. The summed E-state index contributed by atoms with van der Waals surface area (Å²) in [6, 6.07) is 7.36. The van der Waals surface area contributed by atoms with Crippen LogP contribution in [0.2, 0.25) is 0 Å². The van der Waals surface area contributed by atoms with E-state index in [4.69, 9.17) is 9.47 Å². The zero-order valence-corrected chi connectivity index (χ0v) is 20.4. The molecule has 0 spiro atoms. The summed E-state index contributed by atoms with van der Waals surface area (Å²) in [4.78, 5) is 45.7. The van der Waals surface area contributed by atoms with E-state index in [-0.39, 0.29) is 42.5 Å². The second-order valence-corrected chi connectivity index (χ2v) is 8.33. The summed E-state index contributed by atoms with van der Waals surface area (Å²) in [7, 11) is 0. The first-order valence-electron chi connectivity index (χ1n) is 10.3. The van der Waals surface area contributed by atoms with Crippen LogP contribution in [0.3, 0.4) is 0 Å². The first kappa shape index (κ1) is 27.8. The second-order valence-electron chi connectivity index (χ2n) is 7.33. The number of benzene rings is 1. The number of ether oxygens (including phenoxy) is 2. The van der Waals surface area contributed by atoms with Crippen molar-refractivity contribution < 1.29 is 28.9 Å². The molecular formula is C22H23N5O8S. The van der Waals surface area contributed by atoms with Crippen molar-refractivity contribution in [1.82, 2.24) is 0 Å². The van der Waals surface area contributed by atoms with Crippen molar-refractivity contribution in [3.05, 3.63) is 74.9 Å². The van der Waals surface area contributed by atoms with Crippen molar-refractivity contribution in [3.63, 3.8) is 0 Å². The van der Waals surface area contributed by atoms with Crippen LogP contribution in [0.25, 0.3) is 0 Å². The van der Waals surface area contributed by atoms with E-state index in [9.17, 15) is 29.8 Å². The average molecular weight is 518 g/mol. The molecule has 0 atom stereocenters. The minimum absolute atomic E-state index is 0.0579. The van der Waals surface area contributed by atoms with Crippen LogP contribution < -0.4 is 4.90 Å². The number of esters is 2. The van der Waals surface area contributed by atoms with Gasteiger partial charge in [0.1, 0.15) is 19.3 Å². The number of nitrogens with zero attached hydrogens (tertiary/aromatic N) is 5. The first-order valence-corrected chi connectivity index (χ1v) is 11.2. The van der Waals surface area contributed by atoms with Crippen molar-refractivity contribution in [2.24, 2.45) is 10.2 Å². The SMILES string of the molecule is C=C(C)C(=O)OCCN(CCOC(=O)C(=C)C)c1ccc(/N=N/c2sc([N+](=O)[O-])cc2[N+](=O)[O-])cc1. The standard InChI is InChI=1S/C22H23N5O8S/c1-14(2)21(28)34-11-9-25(10-12-35-22(29)15(3)4)17-7-5-16(6-8-17)23-24-20-18(26(30)31)13-19(36-20)27(32)33/h5-8,13H,1,3,9-12H2,2,4H3/b24-23+. The topological polar surface area (TPSA) is 167 Å².